The summed E-state index contributed by atoms with van der Waals surface area (Å²) in [5, 5.41) is 3.45. The zero-order valence-electron chi connectivity index (χ0n) is 13.7. The highest BCUT2D eigenvalue weighted by atomic mass is 35.5. The Kier molecular flexibility index (Phi) is 4.58. The number of nitrogens with zero attached hydrogens (tertiary/aromatic N) is 1. The van der Waals surface area contributed by atoms with Crippen molar-refractivity contribution in [3.63, 3.8) is 0 Å². The van der Waals surface area contributed by atoms with E-state index in [1.54, 1.807) is 17.0 Å². The molecule has 1 heterocycles. The van der Waals surface area contributed by atoms with Gasteiger partial charge in [0, 0.05) is 18.7 Å². The lowest BCUT2D eigenvalue weighted by Crippen LogP contribution is -2.28. The Labute approximate surface area is 146 Å². The molecule has 24 heavy (non-hydrogen) atoms. The summed E-state index contributed by atoms with van der Waals surface area (Å²) in [5.41, 5.74) is 3.60. The molecule has 1 aliphatic rings. The second kappa shape index (κ2) is 6.65. The Hall–Kier alpha value is -2.33. The first-order valence-corrected chi connectivity index (χ1v) is 8.26. The van der Waals surface area contributed by atoms with Crippen LogP contribution in [0, 0.1) is 19.8 Å². The third-order valence-electron chi connectivity index (χ3n) is 4.28. The van der Waals surface area contributed by atoms with Crippen LogP contribution in [0.3, 0.4) is 0 Å². The van der Waals surface area contributed by atoms with E-state index in [0.29, 0.717) is 17.3 Å². The van der Waals surface area contributed by atoms with Crippen LogP contribution in [0.2, 0.25) is 5.02 Å². The lowest BCUT2D eigenvalue weighted by Gasteiger charge is -2.18. The van der Waals surface area contributed by atoms with Gasteiger partial charge in [-0.25, -0.2) is 0 Å². The maximum absolute atomic E-state index is 12.5. The second-order valence-electron chi connectivity index (χ2n) is 6.16. The van der Waals surface area contributed by atoms with E-state index in [0.717, 1.165) is 16.8 Å². The summed E-state index contributed by atoms with van der Waals surface area (Å²) in [7, 11) is 0. The lowest BCUT2D eigenvalue weighted by atomic mass is 10.1. The number of nitrogens with one attached hydrogen (secondary N) is 1. The van der Waals surface area contributed by atoms with Gasteiger partial charge in [-0.1, -0.05) is 41.4 Å². The molecule has 4 nitrogen and oxygen atoms in total. The van der Waals surface area contributed by atoms with Crippen LogP contribution in [0.5, 0.6) is 0 Å². The maximum atomic E-state index is 12.5. The molecule has 1 fully saturated rings. The number of para-hydroxylation sites is 1. The topological polar surface area (TPSA) is 49.4 Å². The van der Waals surface area contributed by atoms with Crippen molar-refractivity contribution in [2.24, 2.45) is 5.92 Å². The molecule has 1 unspecified atom stereocenters. The predicted octanol–water partition coefficient (Wildman–Crippen LogP) is 3.95. The fourth-order valence-corrected chi connectivity index (χ4v) is 3.21. The normalized spacial score (nSPS) is 17.2. The van der Waals surface area contributed by atoms with E-state index >= 15 is 0 Å². The molecule has 0 radical (unpaired) electrons. The van der Waals surface area contributed by atoms with Crippen molar-refractivity contribution >= 4 is 34.8 Å². The zero-order valence-corrected chi connectivity index (χ0v) is 14.4. The Balaban J connectivity index is 1.73. The number of carbonyl (C=O) groups excluding carboxylic acids is 2. The van der Waals surface area contributed by atoms with Crippen molar-refractivity contribution in [3.8, 4) is 0 Å². The molecule has 0 bridgehead atoms. The smallest absolute Gasteiger partial charge is 0.229 e. The molecule has 3 rings (SSSR count). The highest BCUT2D eigenvalue weighted by Crippen LogP contribution is 2.31. The molecule has 5 heteroatoms. The van der Waals surface area contributed by atoms with Gasteiger partial charge in [-0.05, 0) is 37.6 Å². The third-order valence-corrected chi connectivity index (χ3v) is 4.60. The number of aryl methyl sites for hydroxylation is 2. The maximum Gasteiger partial charge on any atom is 0.229 e. The number of hydrogen-bond donors (Lipinski definition) is 1. The van der Waals surface area contributed by atoms with Gasteiger partial charge >= 0.3 is 0 Å². The third kappa shape index (κ3) is 3.29. The van der Waals surface area contributed by atoms with Crippen LogP contribution in [0.4, 0.5) is 11.4 Å². The van der Waals surface area contributed by atoms with Gasteiger partial charge < -0.3 is 10.2 Å². The van der Waals surface area contributed by atoms with Crippen molar-refractivity contribution in [1.29, 1.82) is 0 Å². The summed E-state index contributed by atoms with van der Waals surface area (Å²) in [5.74, 6) is -0.594. The Morgan fingerprint density at radius 1 is 1.21 bits per heavy atom. The summed E-state index contributed by atoms with van der Waals surface area (Å²) in [6, 6.07) is 13.1. The second-order valence-corrected chi connectivity index (χ2v) is 6.57. The quantitative estimate of drug-likeness (QED) is 0.918. The average Bonchev–Trinajstić information content (AvgIpc) is 2.92. The molecular weight excluding hydrogens is 324 g/mol. The van der Waals surface area contributed by atoms with Crippen molar-refractivity contribution in [1.82, 2.24) is 0 Å². The van der Waals surface area contributed by atoms with E-state index in [2.05, 4.69) is 5.32 Å². The van der Waals surface area contributed by atoms with Gasteiger partial charge in [0.2, 0.25) is 11.8 Å². The number of benzene rings is 2. The largest absolute Gasteiger partial charge is 0.326 e. The Bertz CT molecular complexity index is 804. The van der Waals surface area contributed by atoms with Gasteiger partial charge in [-0.15, -0.1) is 0 Å². The SMILES string of the molecule is Cc1ccc(NC(=O)C2CC(=O)N(c3ccccc3Cl)C2)c(C)c1. The lowest BCUT2D eigenvalue weighted by molar-refractivity contribution is -0.122. The van der Waals surface area contributed by atoms with Gasteiger partial charge in [-0.2, -0.15) is 0 Å². The molecule has 0 saturated carbocycles. The first kappa shape index (κ1) is 16.5. The van der Waals surface area contributed by atoms with E-state index in [9.17, 15) is 9.59 Å². The van der Waals surface area contributed by atoms with E-state index in [1.165, 1.54) is 0 Å². The molecule has 2 amide bonds. The standard InChI is InChI=1S/C19H19ClN2O2/c1-12-7-8-16(13(2)9-12)21-19(24)14-10-18(23)22(11-14)17-6-4-3-5-15(17)20/h3-9,14H,10-11H2,1-2H3,(H,21,24). The van der Waals surface area contributed by atoms with Gasteiger partial charge in [-0.3, -0.25) is 9.59 Å². The van der Waals surface area contributed by atoms with Crippen LogP contribution in [0.1, 0.15) is 17.5 Å². The van der Waals surface area contributed by atoms with E-state index in [1.807, 2.05) is 44.2 Å². The molecule has 0 spiro atoms. The molecule has 1 saturated heterocycles. The number of anilines is 2. The van der Waals surface area contributed by atoms with Crippen LogP contribution in [-0.4, -0.2) is 18.4 Å². The molecule has 1 aliphatic heterocycles. The molecule has 1 atom stereocenters. The predicted molar refractivity (Wildman–Crippen MR) is 96.5 cm³/mol. The Morgan fingerprint density at radius 3 is 2.67 bits per heavy atom. The molecule has 2 aromatic rings. The van der Waals surface area contributed by atoms with Gasteiger partial charge in [0.05, 0.1) is 16.6 Å². The minimum absolute atomic E-state index is 0.0797. The van der Waals surface area contributed by atoms with Crippen molar-refractivity contribution < 1.29 is 9.59 Å². The number of halogens is 1. The minimum Gasteiger partial charge on any atom is -0.326 e. The summed E-state index contributed by atoms with van der Waals surface area (Å²) in [4.78, 5) is 26.4. The molecule has 2 aromatic carbocycles. The summed E-state index contributed by atoms with van der Waals surface area (Å²) >= 11 is 6.17. The minimum atomic E-state index is -0.380. The van der Waals surface area contributed by atoms with E-state index < -0.39 is 0 Å². The van der Waals surface area contributed by atoms with E-state index in [4.69, 9.17) is 11.6 Å². The first-order valence-electron chi connectivity index (χ1n) is 7.88. The van der Waals surface area contributed by atoms with Gasteiger partial charge in [0.15, 0.2) is 0 Å². The number of hydrogen-bond acceptors (Lipinski definition) is 2. The fourth-order valence-electron chi connectivity index (χ4n) is 2.98. The van der Waals surface area contributed by atoms with Crippen LogP contribution in [-0.2, 0) is 9.59 Å². The Morgan fingerprint density at radius 2 is 1.96 bits per heavy atom. The van der Waals surface area contributed by atoms with E-state index in [-0.39, 0.29) is 24.2 Å². The van der Waals surface area contributed by atoms with Crippen LogP contribution in [0.25, 0.3) is 0 Å². The highest BCUT2D eigenvalue weighted by molar-refractivity contribution is 6.33. The molecular formula is C19H19ClN2O2. The molecule has 124 valence electrons. The van der Waals surface area contributed by atoms with Gasteiger partial charge in [0.1, 0.15) is 0 Å². The monoisotopic (exact) mass is 342 g/mol. The summed E-state index contributed by atoms with van der Waals surface area (Å²) in [6.07, 6.45) is 0.196. The van der Waals surface area contributed by atoms with Crippen LogP contribution in [0.15, 0.2) is 42.5 Å². The van der Waals surface area contributed by atoms with Crippen molar-refractivity contribution in [2.45, 2.75) is 20.3 Å². The zero-order chi connectivity index (χ0) is 17.3. The molecule has 1 N–H and O–H groups in total. The van der Waals surface area contributed by atoms with Crippen LogP contribution >= 0.6 is 11.6 Å². The first-order chi connectivity index (χ1) is 11.5. The summed E-state index contributed by atoms with van der Waals surface area (Å²) in [6.45, 7) is 4.31. The molecule has 0 aromatic heterocycles. The average molecular weight is 343 g/mol. The number of carbonyl (C=O) groups is 2. The van der Waals surface area contributed by atoms with Crippen molar-refractivity contribution in [2.75, 3.05) is 16.8 Å². The fraction of sp³-hybridized carbons (Fsp3) is 0.263. The molecule has 0 aliphatic carbocycles. The highest BCUT2D eigenvalue weighted by Gasteiger charge is 2.35. The number of amides is 2. The van der Waals surface area contributed by atoms with Crippen molar-refractivity contribution in [3.05, 3.63) is 58.6 Å². The number of rotatable bonds is 3. The summed E-state index contributed by atoms with van der Waals surface area (Å²) < 4.78 is 0. The van der Waals surface area contributed by atoms with Gasteiger partial charge in [0.25, 0.3) is 0 Å². The van der Waals surface area contributed by atoms with Crippen LogP contribution < -0.4 is 10.2 Å².